The molecule has 2 amide bonds. The van der Waals surface area contributed by atoms with Crippen molar-refractivity contribution >= 4 is 95.8 Å². The van der Waals surface area contributed by atoms with Gasteiger partial charge in [0, 0.05) is 63.9 Å². The zero-order valence-electron chi connectivity index (χ0n) is 20.6. The van der Waals surface area contributed by atoms with Crippen molar-refractivity contribution in [3.05, 3.63) is 59.9 Å². The van der Waals surface area contributed by atoms with Crippen molar-refractivity contribution in [3.8, 4) is 11.5 Å². The fourth-order valence-electron chi connectivity index (χ4n) is 3.48. The molecule has 0 aliphatic rings. The minimum absolute atomic E-state index is 0. The molecule has 0 bridgehead atoms. The number of phenolic OH excluding ortho intramolecular Hbond substituents is 2. The summed E-state index contributed by atoms with van der Waals surface area (Å²) in [6, 6.07) is 7.13. The van der Waals surface area contributed by atoms with E-state index < -0.39 is 53.3 Å². The van der Waals surface area contributed by atoms with Crippen LogP contribution in [0.4, 0.5) is 0 Å². The predicted molar refractivity (Wildman–Crippen MR) is 144 cm³/mol. The number of aromatic hydroxyl groups is 2. The first kappa shape index (κ1) is 31.5. The van der Waals surface area contributed by atoms with Crippen molar-refractivity contribution in [3.63, 3.8) is 0 Å². The molecule has 0 unspecified atom stereocenters. The second kappa shape index (κ2) is 12.2. The number of pyridine rings is 2. The van der Waals surface area contributed by atoms with Crippen molar-refractivity contribution in [1.29, 1.82) is 0 Å². The number of hydrogen-bond donors (Lipinski definition) is 6. The number of phenols is 2. The maximum Gasteiger partial charge on any atom is 0.331 e. The van der Waals surface area contributed by atoms with E-state index in [9.17, 15) is 45.7 Å². The summed E-state index contributed by atoms with van der Waals surface area (Å²) in [6.45, 7) is 0. The molecule has 41 heavy (non-hydrogen) atoms. The van der Waals surface area contributed by atoms with Crippen molar-refractivity contribution in [2.45, 2.75) is 9.79 Å². The van der Waals surface area contributed by atoms with Crippen LogP contribution in [0.25, 0.3) is 21.8 Å². The van der Waals surface area contributed by atoms with Crippen LogP contribution in [-0.2, 0) is 29.8 Å². The standard InChI is InChI=1S/C22H16N6O10S2.Na/c29-19-11(7-15(39(33,34)35)13-3-1-5-23-17(13)19)9-25-27-21(31)22(32)28-26-10-12-8-16(40(36,37)38)14-4-2-6-24-18(14)20(12)30;/h1-10,29-30H,(H,27,31)(H,28,32)(H,33,34,35)(H,36,37,38);/b25-9+,26-10+;. The Morgan fingerprint density at radius 3 is 1.44 bits per heavy atom. The zero-order chi connectivity index (χ0) is 29.2. The van der Waals surface area contributed by atoms with E-state index in [1.807, 2.05) is 10.9 Å². The SMILES string of the molecule is O=C(N/N=C/c1cc(S(=O)(=O)O)c2cccnc2c1O)C(=O)N/N=C/c1cc(S(=O)(=O)O)c2cccnc2c1O.[Na]. The summed E-state index contributed by atoms with van der Waals surface area (Å²) < 4.78 is 66.0. The number of rotatable bonds is 6. The number of carbonyl (C=O) groups excluding carboxylic acids is 2. The smallest absolute Gasteiger partial charge is 0.331 e. The van der Waals surface area contributed by atoms with Gasteiger partial charge in [-0.2, -0.15) is 27.0 Å². The number of hydrogen-bond acceptors (Lipinski definition) is 12. The Hall–Kier alpha value is -4.04. The van der Waals surface area contributed by atoms with E-state index in [1.165, 1.54) is 36.7 Å². The van der Waals surface area contributed by atoms with E-state index in [2.05, 4.69) is 20.2 Å². The van der Waals surface area contributed by atoms with Crippen LogP contribution in [0.1, 0.15) is 11.1 Å². The molecule has 2 aromatic heterocycles. The van der Waals surface area contributed by atoms with E-state index in [4.69, 9.17) is 0 Å². The van der Waals surface area contributed by atoms with Gasteiger partial charge in [0.05, 0.1) is 12.4 Å². The van der Waals surface area contributed by atoms with Crippen LogP contribution in [0.5, 0.6) is 11.5 Å². The van der Waals surface area contributed by atoms with Gasteiger partial charge < -0.3 is 10.2 Å². The maximum absolute atomic E-state index is 12.0. The summed E-state index contributed by atoms with van der Waals surface area (Å²) in [7, 11) is -9.46. The molecule has 207 valence electrons. The quantitative estimate of drug-likeness (QED) is 0.0549. The molecule has 6 N–H and O–H groups in total. The third kappa shape index (κ3) is 6.82. The second-order valence-corrected chi connectivity index (χ2v) is 10.6. The number of benzene rings is 2. The molecule has 19 heteroatoms. The second-order valence-electron chi connectivity index (χ2n) is 7.77. The summed E-state index contributed by atoms with van der Waals surface area (Å²) >= 11 is 0. The number of fused-ring (bicyclic) bond motifs is 2. The van der Waals surface area contributed by atoms with Gasteiger partial charge >= 0.3 is 11.8 Å². The molecule has 2 aromatic carbocycles. The normalized spacial score (nSPS) is 12.0. The Morgan fingerprint density at radius 1 is 0.732 bits per heavy atom. The van der Waals surface area contributed by atoms with Gasteiger partial charge in [0.1, 0.15) is 20.8 Å². The molecule has 0 fully saturated rings. The van der Waals surface area contributed by atoms with Crippen LogP contribution < -0.4 is 10.9 Å². The van der Waals surface area contributed by atoms with Crippen LogP contribution in [0.2, 0.25) is 0 Å². The van der Waals surface area contributed by atoms with Gasteiger partial charge in [0.2, 0.25) is 0 Å². The summed E-state index contributed by atoms with van der Waals surface area (Å²) in [6.07, 6.45) is 4.12. The first-order valence-corrected chi connectivity index (χ1v) is 13.5. The van der Waals surface area contributed by atoms with Gasteiger partial charge in [-0.15, -0.1) is 0 Å². The summed E-state index contributed by atoms with van der Waals surface area (Å²) in [5, 5.41) is 27.5. The van der Waals surface area contributed by atoms with Crippen molar-refractivity contribution in [2.75, 3.05) is 0 Å². The first-order valence-electron chi connectivity index (χ1n) is 10.6. The van der Waals surface area contributed by atoms with E-state index >= 15 is 0 Å². The van der Waals surface area contributed by atoms with Gasteiger partial charge in [0.15, 0.2) is 11.5 Å². The van der Waals surface area contributed by atoms with Crippen LogP contribution in [-0.4, -0.2) is 99.9 Å². The molecule has 2 heterocycles. The maximum atomic E-state index is 12.0. The molecule has 0 saturated heterocycles. The molecule has 0 atom stereocenters. The number of carbonyl (C=O) groups is 2. The van der Waals surface area contributed by atoms with E-state index in [-0.39, 0.29) is 62.5 Å². The third-order valence-electron chi connectivity index (χ3n) is 5.22. The molecular formula is C22H16N6NaO10S2. The Morgan fingerprint density at radius 2 is 1.10 bits per heavy atom. The average Bonchev–Trinajstić information content (AvgIpc) is 2.89. The van der Waals surface area contributed by atoms with E-state index in [0.717, 1.165) is 24.6 Å². The van der Waals surface area contributed by atoms with Gasteiger partial charge in [0.25, 0.3) is 20.2 Å². The van der Waals surface area contributed by atoms with Crippen molar-refractivity contribution in [2.24, 2.45) is 10.2 Å². The average molecular weight is 612 g/mol. The van der Waals surface area contributed by atoms with Crippen LogP contribution in [0.3, 0.4) is 0 Å². The summed E-state index contributed by atoms with van der Waals surface area (Å²) in [5.41, 5.74) is 2.71. The molecule has 0 spiro atoms. The van der Waals surface area contributed by atoms with E-state index in [1.54, 1.807) is 0 Å². The molecular weight excluding hydrogens is 595 g/mol. The summed E-state index contributed by atoms with van der Waals surface area (Å²) in [4.78, 5) is 30.6. The Kier molecular flexibility index (Phi) is 9.39. The molecule has 0 aliphatic carbocycles. The third-order valence-corrected chi connectivity index (χ3v) is 7.00. The topological polar surface area (TPSA) is 258 Å². The minimum atomic E-state index is -4.73. The van der Waals surface area contributed by atoms with Gasteiger partial charge in [-0.05, 0) is 36.4 Å². The zero-order valence-corrected chi connectivity index (χ0v) is 24.3. The molecule has 0 aliphatic heterocycles. The fourth-order valence-corrected chi connectivity index (χ4v) is 4.92. The van der Waals surface area contributed by atoms with Crippen molar-refractivity contribution in [1.82, 2.24) is 20.8 Å². The number of amides is 2. The summed E-state index contributed by atoms with van der Waals surface area (Å²) in [5.74, 6) is -3.79. The monoisotopic (exact) mass is 611 g/mol. The number of nitrogens with zero attached hydrogens (tertiary/aromatic N) is 4. The van der Waals surface area contributed by atoms with Crippen LogP contribution >= 0.6 is 0 Å². The molecule has 4 rings (SSSR count). The van der Waals surface area contributed by atoms with E-state index in [0.29, 0.717) is 0 Å². The number of nitrogens with one attached hydrogen (secondary N) is 2. The first-order chi connectivity index (χ1) is 18.8. The predicted octanol–water partition coefficient (Wildman–Crippen LogP) is -0.0928. The van der Waals surface area contributed by atoms with Gasteiger partial charge in [-0.25, -0.2) is 10.9 Å². The van der Waals surface area contributed by atoms with Crippen LogP contribution in [0, 0.1) is 0 Å². The molecule has 1 radical (unpaired) electrons. The number of hydrazone groups is 2. The van der Waals surface area contributed by atoms with Crippen LogP contribution in [0.15, 0.2) is 68.8 Å². The van der Waals surface area contributed by atoms with Gasteiger partial charge in [-0.3, -0.25) is 28.7 Å². The van der Waals surface area contributed by atoms with Crippen molar-refractivity contribution < 1.29 is 45.7 Å². The molecule has 4 aromatic rings. The van der Waals surface area contributed by atoms with Gasteiger partial charge in [-0.1, -0.05) is 0 Å². The fraction of sp³-hybridized carbons (Fsp3) is 0. The largest absolute Gasteiger partial charge is 0.505 e. The Labute approximate surface area is 252 Å². The minimum Gasteiger partial charge on any atom is -0.505 e. The Balaban J connectivity index is 0.00000462. The molecule has 16 nitrogen and oxygen atoms in total. The Bertz CT molecular complexity index is 1840. The number of aromatic nitrogens is 2. The molecule has 0 saturated carbocycles.